The van der Waals surface area contributed by atoms with Crippen LogP contribution in [-0.4, -0.2) is 35.2 Å². The van der Waals surface area contributed by atoms with Crippen molar-refractivity contribution in [3.05, 3.63) is 59.7 Å². The zero-order chi connectivity index (χ0) is 19.2. The van der Waals surface area contributed by atoms with Crippen molar-refractivity contribution in [3.63, 3.8) is 0 Å². The average molecular weight is 373 g/mol. The van der Waals surface area contributed by atoms with Crippen LogP contribution < -0.4 is 5.32 Å². The Kier molecular flexibility index (Phi) is 3.91. The largest absolute Gasteiger partial charge is 0.479 e. The topological polar surface area (TPSA) is 75.6 Å². The highest BCUT2D eigenvalue weighted by Gasteiger charge is 2.62. The summed E-state index contributed by atoms with van der Waals surface area (Å²) in [5.41, 5.74) is 2.17. The molecule has 5 nitrogen and oxygen atoms in total. The fourth-order valence-corrected chi connectivity index (χ4v) is 3.95. The Bertz CT molecular complexity index is 874. The van der Waals surface area contributed by atoms with Gasteiger partial charge in [-0.25, -0.2) is 18.4 Å². The van der Waals surface area contributed by atoms with Crippen molar-refractivity contribution in [2.24, 2.45) is 0 Å². The first kappa shape index (κ1) is 17.5. The molecule has 4 rings (SSSR count). The molecule has 1 fully saturated rings. The minimum atomic E-state index is -3.09. The third kappa shape index (κ3) is 2.93. The summed E-state index contributed by atoms with van der Waals surface area (Å²) in [5.74, 6) is -4.76. The van der Waals surface area contributed by atoms with Crippen LogP contribution in [0.4, 0.5) is 13.6 Å². The number of carbonyl (C=O) groups is 2. The predicted octanol–water partition coefficient (Wildman–Crippen LogP) is 3.78. The van der Waals surface area contributed by atoms with E-state index in [0.29, 0.717) is 0 Å². The van der Waals surface area contributed by atoms with Gasteiger partial charge in [0.25, 0.3) is 5.92 Å². The molecule has 0 saturated heterocycles. The number of hydrogen-bond donors (Lipinski definition) is 2. The number of hydrogen-bond acceptors (Lipinski definition) is 3. The van der Waals surface area contributed by atoms with Crippen LogP contribution in [0.3, 0.4) is 0 Å². The molecule has 2 N–H and O–H groups in total. The molecule has 7 heteroatoms. The Morgan fingerprint density at radius 2 is 1.56 bits per heavy atom. The second-order valence-electron chi connectivity index (χ2n) is 7.05. The fourth-order valence-electron chi connectivity index (χ4n) is 3.95. The minimum absolute atomic E-state index is 0.00798. The number of rotatable bonds is 4. The van der Waals surface area contributed by atoms with Crippen molar-refractivity contribution in [2.45, 2.75) is 30.2 Å². The summed E-state index contributed by atoms with van der Waals surface area (Å²) < 4.78 is 31.5. The molecule has 0 radical (unpaired) electrons. The molecular formula is C20H17F2NO4. The summed E-state index contributed by atoms with van der Waals surface area (Å²) >= 11 is 0. The van der Waals surface area contributed by atoms with Gasteiger partial charge in [0, 0.05) is 18.8 Å². The van der Waals surface area contributed by atoms with Crippen molar-refractivity contribution >= 4 is 12.1 Å². The van der Waals surface area contributed by atoms with Gasteiger partial charge >= 0.3 is 12.1 Å². The molecule has 0 heterocycles. The SMILES string of the molecule is O=C(NC1(C(=O)O)CC(F)(F)C1)OCC1c2ccccc2-c2ccccc21. The van der Waals surface area contributed by atoms with Crippen LogP contribution >= 0.6 is 0 Å². The Morgan fingerprint density at radius 3 is 2.04 bits per heavy atom. The number of halogens is 2. The van der Waals surface area contributed by atoms with Crippen LogP contribution in [0.5, 0.6) is 0 Å². The standard InChI is InChI=1S/C20H17F2NO4/c21-20(22)10-19(11-20,17(24)25)23-18(26)27-9-16-14-7-3-1-5-12(14)13-6-2-4-8-15(13)16/h1-8,16H,9-11H2,(H,23,26)(H,24,25). The first-order valence-corrected chi connectivity index (χ1v) is 8.56. The summed E-state index contributed by atoms with van der Waals surface area (Å²) in [6.07, 6.45) is -2.87. The van der Waals surface area contributed by atoms with Gasteiger partial charge in [-0.15, -0.1) is 0 Å². The first-order chi connectivity index (χ1) is 12.8. The van der Waals surface area contributed by atoms with E-state index in [1.807, 2.05) is 48.5 Å². The number of nitrogens with one attached hydrogen (secondary N) is 1. The lowest BCUT2D eigenvalue weighted by Gasteiger charge is -2.43. The summed E-state index contributed by atoms with van der Waals surface area (Å²) in [6, 6.07) is 15.5. The summed E-state index contributed by atoms with van der Waals surface area (Å²) in [5, 5.41) is 11.3. The highest BCUT2D eigenvalue weighted by molar-refractivity contribution is 5.86. The third-order valence-corrected chi connectivity index (χ3v) is 5.22. The molecule has 0 atom stereocenters. The zero-order valence-corrected chi connectivity index (χ0v) is 14.2. The number of carbonyl (C=O) groups excluding carboxylic acids is 1. The van der Waals surface area contributed by atoms with E-state index in [1.54, 1.807) is 0 Å². The summed E-state index contributed by atoms with van der Waals surface area (Å²) in [4.78, 5) is 23.4. The predicted molar refractivity (Wildman–Crippen MR) is 92.8 cm³/mol. The van der Waals surface area contributed by atoms with Gasteiger partial charge < -0.3 is 15.2 Å². The van der Waals surface area contributed by atoms with E-state index in [2.05, 4.69) is 5.32 Å². The quantitative estimate of drug-likeness (QED) is 0.855. The van der Waals surface area contributed by atoms with Crippen molar-refractivity contribution in [1.82, 2.24) is 5.32 Å². The molecule has 2 aromatic carbocycles. The first-order valence-electron chi connectivity index (χ1n) is 8.56. The third-order valence-electron chi connectivity index (χ3n) is 5.22. The molecular weight excluding hydrogens is 356 g/mol. The van der Waals surface area contributed by atoms with Gasteiger partial charge in [-0.2, -0.15) is 0 Å². The van der Waals surface area contributed by atoms with Crippen LogP contribution in [0.15, 0.2) is 48.5 Å². The lowest BCUT2D eigenvalue weighted by atomic mass is 9.73. The van der Waals surface area contributed by atoms with Gasteiger partial charge in [0.1, 0.15) is 6.61 Å². The maximum atomic E-state index is 13.2. The molecule has 0 aromatic heterocycles. The second kappa shape index (κ2) is 6.04. The van der Waals surface area contributed by atoms with Gasteiger partial charge in [0.05, 0.1) is 0 Å². The number of carboxylic acids is 1. The Balaban J connectivity index is 1.48. The van der Waals surface area contributed by atoms with Gasteiger partial charge in [-0.1, -0.05) is 48.5 Å². The van der Waals surface area contributed by atoms with Crippen molar-refractivity contribution < 1.29 is 28.2 Å². The number of benzene rings is 2. The molecule has 0 bridgehead atoms. The number of alkyl carbamates (subject to hydrolysis) is 1. The van der Waals surface area contributed by atoms with Crippen LogP contribution in [0.2, 0.25) is 0 Å². The molecule has 0 aliphatic heterocycles. The maximum absolute atomic E-state index is 13.2. The van der Waals surface area contributed by atoms with Gasteiger partial charge in [0.15, 0.2) is 5.54 Å². The van der Waals surface area contributed by atoms with Crippen LogP contribution in [-0.2, 0) is 9.53 Å². The zero-order valence-electron chi connectivity index (χ0n) is 14.2. The van der Waals surface area contributed by atoms with E-state index >= 15 is 0 Å². The van der Waals surface area contributed by atoms with Crippen LogP contribution in [0, 0.1) is 0 Å². The van der Waals surface area contributed by atoms with Crippen LogP contribution in [0.1, 0.15) is 29.9 Å². The van der Waals surface area contributed by atoms with Gasteiger partial charge in [0.2, 0.25) is 0 Å². The number of ether oxygens (including phenoxy) is 1. The van der Waals surface area contributed by atoms with Crippen LogP contribution in [0.25, 0.3) is 11.1 Å². The number of fused-ring (bicyclic) bond motifs is 3. The monoisotopic (exact) mass is 373 g/mol. The summed E-state index contributed by atoms with van der Waals surface area (Å²) in [7, 11) is 0. The highest BCUT2D eigenvalue weighted by atomic mass is 19.3. The lowest BCUT2D eigenvalue weighted by Crippen LogP contribution is -2.66. The van der Waals surface area contributed by atoms with Gasteiger partial charge in [-0.3, -0.25) is 0 Å². The highest BCUT2D eigenvalue weighted by Crippen LogP contribution is 2.46. The smallest absolute Gasteiger partial charge is 0.408 e. The Labute approximate surface area is 154 Å². The molecule has 140 valence electrons. The van der Waals surface area contributed by atoms with Crippen molar-refractivity contribution in [3.8, 4) is 11.1 Å². The minimum Gasteiger partial charge on any atom is -0.479 e. The van der Waals surface area contributed by atoms with E-state index in [1.165, 1.54) is 0 Å². The molecule has 1 amide bonds. The maximum Gasteiger partial charge on any atom is 0.408 e. The van der Waals surface area contributed by atoms with E-state index in [0.717, 1.165) is 22.3 Å². The Morgan fingerprint density at radius 1 is 1.04 bits per heavy atom. The number of amides is 1. The van der Waals surface area contributed by atoms with E-state index < -0.39 is 36.4 Å². The average Bonchev–Trinajstić information content (AvgIpc) is 2.92. The number of alkyl halides is 2. The molecule has 0 unspecified atom stereocenters. The van der Waals surface area contributed by atoms with Crippen molar-refractivity contribution in [2.75, 3.05) is 6.61 Å². The summed E-state index contributed by atoms with van der Waals surface area (Å²) in [6.45, 7) is -0.00798. The molecule has 0 spiro atoms. The van der Waals surface area contributed by atoms with E-state index in [-0.39, 0.29) is 12.5 Å². The molecule has 2 aliphatic rings. The Hall–Kier alpha value is -2.96. The molecule has 27 heavy (non-hydrogen) atoms. The number of carboxylic acid groups (broad SMARTS) is 1. The normalized spacial score (nSPS) is 18.7. The fraction of sp³-hybridized carbons (Fsp3) is 0.300. The van der Waals surface area contributed by atoms with E-state index in [4.69, 9.17) is 4.74 Å². The second-order valence-corrected chi connectivity index (χ2v) is 7.05. The molecule has 2 aliphatic carbocycles. The molecule has 1 saturated carbocycles. The van der Waals surface area contributed by atoms with Gasteiger partial charge in [-0.05, 0) is 22.3 Å². The number of aliphatic carboxylic acids is 1. The van der Waals surface area contributed by atoms with Crippen molar-refractivity contribution in [1.29, 1.82) is 0 Å². The molecule has 2 aromatic rings. The lowest BCUT2D eigenvalue weighted by molar-refractivity contribution is -0.176. The van der Waals surface area contributed by atoms with E-state index in [9.17, 15) is 23.5 Å².